The average molecular weight is 339 g/mol. The lowest BCUT2D eigenvalue weighted by Gasteiger charge is -2.30. The van der Waals surface area contributed by atoms with Crippen molar-refractivity contribution in [3.05, 3.63) is 54.6 Å². The minimum Gasteiger partial charge on any atom is -0.368 e. The van der Waals surface area contributed by atoms with Crippen molar-refractivity contribution >= 4 is 27.9 Å². The van der Waals surface area contributed by atoms with Gasteiger partial charge in [0, 0.05) is 26.2 Å². The van der Waals surface area contributed by atoms with E-state index in [0.717, 1.165) is 31.9 Å². The van der Waals surface area contributed by atoms with Crippen LogP contribution in [0.3, 0.4) is 0 Å². The van der Waals surface area contributed by atoms with Gasteiger partial charge in [0.2, 0.25) is 9.84 Å². The summed E-state index contributed by atoms with van der Waals surface area (Å²) in [7, 11) is -3.48. The average Bonchev–Trinajstić information content (AvgIpc) is 2.56. The minimum absolute atomic E-state index is 0. The predicted octanol–water partition coefficient (Wildman–Crippen LogP) is 2.35. The Bertz CT molecular complexity index is 714. The molecule has 0 bridgehead atoms. The fourth-order valence-corrected chi connectivity index (χ4v) is 4.08. The second-order valence-electron chi connectivity index (χ2n) is 5.02. The van der Waals surface area contributed by atoms with Crippen molar-refractivity contribution in [3.63, 3.8) is 0 Å². The molecule has 118 valence electrons. The molecule has 0 aromatic heterocycles. The molecule has 3 rings (SSSR count). The Morgan fingerprint density at radius 3 is 2.14 bits per heavy atom. The van der Waals surface area contributed by atoms with Crippen LogP contribution in [0.25, 0.3) is 0 Å². The van der Waals surface area contributed by atoms with E-state index < -0.39 is 9.84 Å². The zero-order valence-electron chi connectivity index (χ0n) is 12.1. The number of hydrogen-bond acceptors (Lipinski definition) is 4. The van der Waals surface area contributed by atoms with Gasteiger partial charge >= 0.3 is 0 Å². The Morgan fingerprint density at radius 2 is 1.45 bits per heavy atom. The van der Waals surface area contributed by atoms with E-state index >= 15 is 0 Å². The van der Waals surface area contributed by atoms with Crippen molar-refractivity contribution in [1.82, 2.24) is 5.32 Å². The number of piperazine rings is 1. The van der Waals surface area contributed by atoms with Crippen LogP contribution in [0, 0.1) is 0 Å². The van der Waals surface area contributed by atoms with E-state index in [0.29, 0.717) is 9.79 Å². The summed E-state index contributed by atoms with van der Waals surface area (Å²) in [4.78, 5) is 2.86. The summed E-state index contributed by atoms with van der Waals surface area (Å²) in [5.74, 6) is 0. The molecule has 0 spiro atoms. The second-order valence-corrected chi connectivity index (χ2v) is 6.94. The SMILES string of the molecule is Cl.O=S(=O)(c1ccccc1)c1ccccc1N1CCNCC1. The third kappa shape index (κ3) is 3.27. The van der Waals surface area contributed by atoms with Gasteiger partial charge in [0.25, 0.3) is 0 Å². The van der Waals surface area contributed by atoms with Gasteiger partial charge < -0.3 is 10.2 Å². The third-order valence-electron chi connectivity index (χ3n) is 3.67. The molecule has 2 aromatic rings. The molecule has 0 radical (unpaired) electrons. The van der Waals surface area contributed by atoms with E-state index in [2.05, 4.69) is 10.2 Å². The summed E-state index contributed by atoms with van der Waals surface area (Å²) in [5, 5.41) is 3.28. The van der Waals surface area contributed by atoms with Gasteiger partial charge in [-0.3, -0.25) is 0 Å². The molecule has 0 unspecified atom stereocenters. The summed E-state index contributed by atoms with van der Waals surface area (Å²) < 4.78 is 25.7. The van der Waals surface area contributed by atoms with E-state index in [4.69, 9.17) is 0 Å². The number of anilines is 1. The standard InChI is InChI=1S/C16H18N2O2S.ClH/c19-21(20,14-6-2-1-3-7-14)16-9-5-4-8-15(16)18-12-10-17-11-13-18;/h1-9,17H,10-13H2;1H. The Kier molecular flexibility index (Phi) is 5.45. The Balaban J connectivity index is 0.00000176. The van der Waals surface area contributed by atoms with Crippen LogP contribution in [0.5, 0.6) is 0 Å². The van der Waals surface area contributed by atoms with Crippen molar-refractivity contribution in [1.29, 1.82) is 0 Å². The van der Waals surface area contributed by atoms with Gasteiger partial charge in [-0.15, -0.1) is 12.4 Å². The van der Waals surface area contributed by atoms with Crippen LogP contribution in [-0.2, 0) is 9.84 Å². The summed E-state index contributed by atoms with van der Waals surface area (Å²) in [6, 6.07) is 15.9. The van der Waals surface area contributed by atoms with E-state index in [1.165, 1.54) is 0 Å². The highest BCUT2D eigenvalue weighted by Crippen LogP contribution is 2.30. The van der Waals surface area contributed by atoms with Gasteiger partial charge in [-0.05, 0) is 24.3 Å². The van der Waals surface area contributed by atoms with E-state index in [9.17, 15) is 8.42 Å². The number of hydrogen-bond donors (Lipinski definition) is 1. The van der Waals surface area contributed by atoms with Gasteiger partial charge in [-0.25, -0.2) is 8.42 Å². The lowest BCUT2D eigenvalue weighted by atomic mass is 10.2. The van der Waals surface area contributed by atoms with Crippen molar-refractivity contribution in [3.8, 4) is 0 Å². The third-order valence-corrected chi connectivity index (χ3v) is 5.48. The quantitative estimate of drug-likeness (QED) is 0.933. The first-order valence-electron chi connectivity index (χ1n) is 7.04. The maximum Gasteiger partial charge on any atom is 0.208 e. The molecule has 1 saturated heterocycles. The molecule has 0 aliphatic carbocycles. The van der Waals surface area contributed by atoms with Crippen LogP contribution < -0.4 is 10.2 Å². The van der Waals surface area contributed by atoms with Crippen LogP contribution in [0.2, 0.25) is 0 Å². The maximum atomic E-state index is 12.9. The number of nitrogens with one attached hydrogen (secondary N) is 1. The van der Waals surface area contributed by atoms with E-state index in [-0.39, 0.29) is 12.4 Å². The van der Waals surface area contributed by atoms with Crippen molar-refractivity contribution < 1.29 is 8.42 Å². The molecule has 0 saturated carbocycles. The Hall–Kier alpha value is -1.56. The first-order chi connectivity index (χ1) is 10.2. The van der Waals surface area contributed by atoms with Crippen LogP contribution >= 0.6 is 12.4 Å². The molecule has 22 heavy (non-hydrogen) atoms. The van der Waals surface area contributed by atoms with Crippen LogP contribution in [0.1, 0.15) is 0 Å². The van der Waals surface area contributed by atoms with E-state index in [1.807, 2.05) is 18.2 Å². The van der Waals surface area contributed by atoms with Gasteiger partial charge in [-0.2, -0.15) is 0 Å². The monoisotopic (exact) mass is 338 g/mol. The molecular formula is C16H19ClN2O2S. The number of para-hydroxylation sites is 1. The number of sulfone groups is 1. The lowest BCUT2D eigenvalue weighted by Crippen LogP contribution is -2.44. The summed E-state index contributed by atoms with van der Waals surface area (Å²) in [6.07, 6.45) is 0. The molecule has 1 fully saturated rings. The molecule has 6 heteroatoms. The molecule has 2 aromatic carbocycles. The Morgan fingerprint density at radius 1 is 0.864 bits per heavy atom. The minimum atomic E-state index is -3.48. The van der Waals surface area contributed by atoms with Crippen LogP contribution in [0.4, 0.5) is 5.69 Å². The van der Waals surface area contributed by atoms with Gasteiger partial charge in [-0.1, -0.05) is 30.3 Å². The van der Waals surface area contributed by atoms with E-state index in [1.54, 1.807) is 36.4 Å². The summed E-state index contributed by atoms with van der Waals surface area (Å²) in [5.41, 5.74) is 0.794. The fraction of sp³-hybridized carbons (Fsp3) is 0.250. The predicted molar refractivity (Wildman–Crippen MR) is 90.7 cm³/mol. The topological polar surface area (TPSA) is 49.4 Å². The molecule has 0 amide bonds. The molecule has 1 aliphatic rings. The smallest absolute Gasteiger partial charge is 0.208 e. The lowest BCUT2D eigenvalue weighted by molar-refractivity contribution is 0.580. The zero-order valence-corrected chi connectivity index (χ0v) is 13.7. The molecule has 4 nitrogen and oxygen atoms in total. The number of rotatable bonds is 3. The normalized spacial score (nSPS) is 15.2. The summed E-state index contributed by atoms with van der Waals surface area (Å²) >= 11 is 0. The van der Waals surface area contributed by atoms with Crippen molar-refractivity contribution in [2.45, 2.75) is 9.79 Å². The number of benzene rings is 2. The van der Waals surface area contributed by atoms with Gasteiger partial charge in [0.1, 0.15) is 0 Å². The highest BCUT2D eigenvalue weighted by molar-refractivity contribution is 7.91. The second kappa shape index (κ2) is 7.13. The zero-order chi connectivity index (χ0) is 14.7. The molecule has 1 N–H and O–H groups in total. The van der Waals surface area contributed by atoms with Crippen molar-refractivity contribution in [2.24, 2.45) is 0 Å². The van der Waals surface area contributed by atoms with Crippen LogP contribution in [0.15, 0.2) is 64.4 Å². The highest BCUT2D eigenvalue weighted by Gasteiger charge is 2.24. The largest absolute Gasteiger partial charge is 0.368 e. The first-order valence-corrected chi connectivity index (χ1v) is 8.53. The highest BCUT2D eigenvalue weighted by atomic mass is 35.5. The van der Waals surface area contributed by atoms with Gasteiger partial charge in [0.05, 0.1) is 15.5 Å². The van der Waals surface area contributed by atoms with Crippen molar-refractivity contribution in [2.75, 3.05) is 31.1 Å². The first kappa shape index (κ1) is 16.8. The molecule has 0 atom stereocenters. The molecule has 1 aliphatic heterocycles. The number of nitrogens with zero attached hydrogens (tertiary/aromatic N) is 1. The fourth-order valence-electron chi connectivity index (χ4n) is 2.58. The van der Waals surface area contributed by atoms with Crippen LogP contribution in [-0.4, -0.2) is 34.6 Å². The number of halogens is 1. The molecular weight excluding hydrogens is 320 g/mol. The maximum absolute atomic E-state index is 12.9. The van der Waals surface area contributed by atoms with Gasteiger partial charge in [0.15, 0.2) is 0 Å². The Labute approximate surface area is 137 Å². The molecule has 1 heterocycles. The summed E-state index contributed by atoms with van der Waals surface area (Å²) in [6.45, 7) is 3.39.